The summed E-state index contributed by atoms with van der Waals surface area (Å²) in [6, 6.07) is 10.3. The average Bonchev–Trinajstić information content (AvgIpc) is 2.73. The van der Waals surface area contributed by atoms with Crippen molar-refractivity contribution in [1.82, 2.24) is 20.2 Å². The van der Waals surface area contributed by atoms with E-state index in [1.807, 2.05) is 39.0 Å². The molecule has 2 amide bonds. The highest BCUT2D eigenvalue weighted by molar-refractivity contribution is 5.92. The molecule has 28 heavy (non-hydrogen) atoms. The molecule has 1 heterocycles. The summed E-state index contributed by atoms with van der Waals surface area (Å²) in [6.45, 7) is 6.38. The molecule has 2 rings (SSSR count). The first kappa shape index (κ1) is 21.5. The minimum atomic E-state index is -0.188. The van der Waals surface area contributed by atoms with Gasteiger partial charge in [0.15, 0.2) is 0 Å². The zero-order valence-corrected chi connectivity index (χ0v) is 17.0. The van der Waals surface area contributed by atoms with E-state index in [-0.39, 0.29) is 30.3 Å². The van der Waals surface area contributed by atoms with Crippen LogP contribution in [0.4, 0.5) is 0 Å². The van der Waals surface area contributed by atoms with Crippen LogP contribution >= 0.6 is 0 Å². The molecule has 0 saturated carbocycles. The highest BCUT2D eigenvalue weighted by Gasteiger charge is 2.22. The maximum atomic E-state index is 12.7. The van der Waals surface area contributed by atoms with Crippen LogP contribution in [0, 0.1) is 0 Å². The van der Waals surface area contributed by atoms with Crippen molar-refractivity contribution in [2.24, 2.45) is 0 Å². The summed E-state index contributed by atoms with van der Waals surface area (Å²) in [6.07, 6.45) is 7.38. The summed E-state index contributed by atoms with van der Waals surface area (Å²) in [4.78, 5) is 34.9. The Morgan fingerprint density at radius 2 is 1.89 bits per heavy atom. The minimum absolute atomic E-state index is 0.0258. The van der Waals surface area contributed by atoms with Gasteiger partial charge in [-0.15, -0.1) is 0 Å². The lowest BCUT2D eigenvalue weighted by Gasteiger charge is -2.28. The van der Waals surface area contributed by atoms with Gasteiger partial charge in [-0.2, -0.15) is 0 Å². The lowest BCUT2D eigenvalue weighted by atomic mass is 10.1. The van der Waals surface area contributed by atoms with Gasteiger partial charge in [0.25, 0.3) is 5.91 Å². The highest BCUT2D eigenvalue weighted by Crippen LogP contribution is 2.10. The van der Waals surface area contributed by atoms with Crippen molar-refractivity contribution in [3.05, 3.63) is 60.2 Å². The van der Waals surface area contributed by atoms with Crippen LogP contribution < -0.4 is 5.32 Å². The molecule has 0 aliphatic heterocycles. The van der Waals surface area contributed by atoms with Gasteiger partial charge >= 0.3 is 0 Å². The monoisotopic (exact) mass is 382 g/mol. The molecule has 0 aliphatic carbocycles. The van der Waals surface area contributed by atoms with Crippen molar-refractivity contribution in [2.45, 2.75) is 58.5 Å². The van der Waals surface area contributed by atoms with E-state index in [9.17, 15) is 9.59 Å². The zero-order chi connectivity index (χ0) is 20.4. The van der Waals surface area contributed by atoms with Gasteiger partial charge in [-0.3, -0.25) is 14.6 Å². The fraction of sp³-hybridized carbons (Fsp3) is 0.455. The van der Waals surface area contributed by atoms with Crippen molar-refractivity contribution in [2.75, 3.05) is 6.54 Å². The maximum Gasteiger partial charge on any atom is 0.274 e. The van der Waals surface area contributed by atoms with Crippen molar-refractivity contribution in [1.29, 1.82) is 0 Å². The van der Waals surface area contributed by atoms with E-state index in [1.165, 1.54) is 24.2 Å². The Kier molecular flexibility index (Phi) is 8.59. The van der Waals surface area contributed by atoms with Gasteiger partial charge in [0.2, 0.25) is 5.91 Å². The van der Waals surface area contributed by atoms with E-state index in [4.69, 9.17) is 0 Å². The second-order valence-corrected chi connectivity index (χ2v) is 7.09. The first-order valence-electron chi connectivity index (χ1n) is 9.91. The molecule has 1 aromatic heterocycles. The predicted molar refractivity (Wildman–Crippen MR) is 110 cm³/mol. The maximum absolute atomic E-state index is 12.7. The first-order chi connectivity index (χ1) is 13.5. The summed E-state index contributed by atoms with van der Waals surface area (Å²) in [5.74, 6) is -0.229. The average molecular weight is 383 g/mol. The molecule has 0 spiro atoms. The number of hydrogen-bond acceptors (Lipinski definition) is 4. The van der Waals surface area contributed by atoms with Crippen LogP contribution in [-0.4, -0.2) is 45.3 Å². The fourth-order valence-corrected chi connectivity index (χ4v) is 2.97. The van der Waals surface area contributed by atoms with E-state index < -0.39 is 0 Å². The Hall–Kier alpha value is -2.76. The van der Waals surface area contributed by atoms with Gasteiger partial charge in [0, 0.05) is 37.4 Å². The lowest BCUT2D eigenvalue weighted by molar-refractivity contribution is -0.122. The van der Waals surface area contributed by atoms with Crippen molar-refractivity contribution in [3.63, 3.8) is 0 Å². The summed E-state index contributed by atoms with van der Waals surface area (Å²) >= 11 is 0. The quantitative estimate of drug-likeness (QED) is 0.684. The molecule has 1 aromatic carbocycles. The van der Waals surface area contributed by atoms with Crippen molar-refractivity contribution in [3.8, 4) is 0 Å². The van der Waals surface area contributed by atoms with Gasteiger partial charge in [-0.05, 0) is 38.7 Å². The molecule has 1 N–H and O–H groups in total. The number of benzene rings is 1. The Labute approximate surface area is 167 Å². The number of carbonyl (C=O) groups excluding carboxylic acids is 2. The predicted octanol–water partition coefficient (Wildman–Crippen LogP) is 3.24. The lowest BCUT2D eigenvalue weighted by Crippen LogP contribution is -2.42. The van der Waals surface area contributed by atoms with E-state index in [1.54, 1.807) is 4.90 Å². The number of amides is 2. The van der Waals surface area contributed by atoms with Gasteiger partial charge in [-0.1, -0.05) is 37.3 Å². The van der Waals surface area contributed by atoms with Crippen molar-refractivity contribution >= 4 is 11.8 Å². The molecular weight excluding hydrogens is 352 g/mol. The third-order valence-electron chi connectivity index (χ3n) is 4.86. The SMILES string of the molecule is CC[C@H](C)N(CCC(=O)N[C@H](C)CCc1ccccc1)C(=O)c1cnccn1. The van der Waals surface area contributed by atoms with Crippen LogP contribution in [0.5, 0.6) is 0 Å². The zero-order valence-electron chi connectivity index (χ0n) is 17.0. The number of nitrogens with zero attached hydrogens (tertiary/aromatic N) is 3. The van der Waals surface area contributed by atoms with E-state index >= 15 is 0 Å². The number of aryl methyl sites for hydroxylation is 1. The summed E-state index contributed by atoms with van der Waals surface area (Å²) < 4.78 is 0. The second-order valence-electron chi connectivity index (χ2n) is 7.09. The molecular formula is C22H30N4O2. The third-order valence-corrected chi connectivity index (χ3v) is 4.86. The standard InChI is InChI=1S/C22H30N4O2/c1-4-18(3)26(22(28)20-16-23-13-14-24-20)15-12-21(27)25-17(2)10-11-19-8-6-5-7-9-19/h5-9,13-14,16-18H,4,10-12,15H2,1-3H3,(H,25,27)/t17-,18+/m1/s1. The minimum Gasteiger partial charge on any atom is -0.354 e. The number of nitrogens with one attached hydrogen (secondary N) is 1. The summed E-state index contributed by atoms with van der Waals surface area (Å²) in [5, 5.41) is 3.04. The Balaban J connectivity index is 1.84. The molecule has 2 atom stereocenters. The van der Waals surface area contributed by atoms with E-state index in [0.717, 1.165) is 19.3 Å². The molecule has 0 radical (unpaired) electrons. The van der Waals surface area contributed by atoms with Crippen LogP contribution in [-0.2, 0) is 11.2 Å². The first-order valence-corrected chi connectivity index (χ1v) is 9.91. The molecule has 0 saturated heterocycles. The third kappa shape index (κ3) is 6.76. The second kappa shape index (κ2) is 11.2. The Bertz CT molecular complexity index is 737. The Morgan fingerprint density at radius 3 is 2.54 bits per heavy atom. The molecule has 0 fully saturated rings. The summed E-state index contributed by atoms with van der Waals surface area (Å²) in [5.41, 5.74) is 1.57. The molecule has 0 unspecified atom stereocenters. The van der Waals surface area contributed by atoms with Gasteiger partial charge < -0.3 is 10.2 Å². The van der Waals surface area contributed by atoms with Crippen LogP contribution in [0.15, 0.2) is 48.9 Å². The number of rotatable bonds is 10. The number of aromatic nitrogens is 2. The molecule has 6 nitrogen and oxygen atoms in total. The van der Waals surface area contributed by atoms with Gasteiger partial charge in [0.1, 0.15) is 5.69 Å². The topological polar surface area (TPSA) is 75.2 Å². The van der Waals surface area contributed by atoms with Gasteiger partial charge in [0.05, 0.1) is 6.20 Å². The molecule has 6 heteroatoms. The largest absolute Gasteiger partial charge is 0.354 e. The van der Waals surface area contributed by atoms with E-state index in [0.29, 0.717) is 12.2 Å². The Morgan fingerprint density at radius 1 is 1.14 bits per heavy atom. The normalized spacial score (nSPS) is 12.8. The summed E-state index contributed by atoms with van der Waals surface area (Å²) in [7, 11) is 0. The van der Waals surface area contributed by atoms with Gasteiger partial charge in [-0.25, -0.2) is 4.98 Å². The molecule has 150 valence electrons. The molecule has 0 aliphatic rings. The number of hydrogen-bond donors (Lipinski definition) is 1. The smallest absolute Gasteiger partial charge is 0.274 e. The van der Waals surface area contributed by atoms with Crippen molar-refractivity contribution < 1.29 is 9.59 Å². The van der Waals surface area contributed by atoms with Crippen LogP contribution in [0.25, 0.3) is 0 Å². The molecule has 0 bridgehead atoms. The van der Waals surface area contributed by atoms with Crippen LogP contribution in [0.1, 0.15) is 56.1 Å². The number of carbonyl (C=O) groups is 2. The molecule has 2 aromatic rings. The van der Waals surface area contributed by atoms with Crippen LogP contribution in [0.2, 0.25) is 0 Å². The van der Waals surface area contributed by atoms with E-state index in [2.05, 4.69) is 27.4 Å². The highest BCUT2D eigenvalue weighted by atomic mass is 16.2. The fourth-order valence-electron chi connectivity index (χ4n) is 2.97. The van der Waals surface area contributed by atoms with Crippen LogP contribution in [0.3, 0.4) is 0 Å².